The summed E-state index contributed by atoms with van der Waals surface area (Å²) in [5, 5.41) is 0.356. The maximum Gasteiger partial charge on any atom is 0.177 e. The molecule has 0 radical (unpaired) electrons. The Kier molecular flexibility index (Phi) is 1.72. The molecular formula is C7H7ClO. The van der Waals surface area contributed by atoms with Gasteiger partial charge in [0.05, 0.1) is 5.03 Å². The van der Waals surface area contributed by atoms with Crippen LogP contribution in [0.4, 0.5) is 0 Å². The predicted molar refractivity (Wildman–Crippen MR) is 37.3 cm³/mol. The number of hydrogen-bond donors (Lipinski definition) is 0. The van der Waals surface area contributed by atoms with Gasteiger partial charge in [-0.3, -0.25) is 4.79 Å². The van der Waals surface area contributed by atoms with E-state index in [1.165, 1.54) is 0 Å². The molecular weight excluding hydrogens is 136 g/mol. The highest BCUT2D eigenvalue weighted by Crippen LogP contribution is 2.15. The molecule has 0 N–H and O–H groups in total. The summed E-state index contributed by atoms with van der Waals surface area (Å²) in [6.07, 6.45) is 4.02. The lowest BCUT2D eigenvalue weighted by molar-refractivity contribution is -0.114. The van der Waals surface area contributed by atoms with Gasteiger partial charge in [-0.25, -0.2) is 0 Å². The lowest BCUT2D eigenvalue weighted by atomic mass is 10.1. The van der Waals surface area contributed by atoms with Crippen LogP contribution >= 0.6 is 11.6 Å². The van der Waals surface area contributed by atoms with Gasteiger partial charge in [-0.1, -0.05) is 23.3 Å². The Balaban J connectivity index is 2.87. The molecule has 0 aliphatic heterocycles. The van der Waals surface area contributed by atoms with Gasteiger partial charge in [-0.15, -0.1) is 0 Å². The smallest absolute Gasteiger partial charge is 0.177 e. The first-order chi connectivity index (χ1) is 4.20. The number of hydrogen-bond acceptors (Lipinski definition) is 1. The Labute approximate surface area is 59.0 Å². The van der Waals surface area contributed by atoms with Crippen molar-refractivity contribution in [1.29, 1.82) is 0 Å². The van der Waals surface area contributed by atoms with Gasteiger partial charge < -0.3 is 0 Å². The van der Waals surface area contributed by atoms with Crippen molar-refractivity contribution in [3.05, 3.63) is 22.8 Å². The average molecular weight is 143 g/mol. The molecule has 0 spiro atoms. The first kappa shape index (κ1) is 6.56. The summed E-state index contributed by atoms with van der Waals surface area (Å²) in [6.45, 7) is 1.93. The molecule has 48 valence electrons. The number of carbonyl (C=O) groups is 1. The molecule has 0 saturated carbocycles. The van der Waals surface area contributed by atoms with Gasteiger partial charge in [0.1, 0.15) is 0 Å². The van der Waals surface area contributed by atoms with Crippen LogP contribution in [-0.4, -0.2) is 5.78 Å². The van der Waals surface area contributed by atoms with E-state index >= 15 is 0 Å². The van der Waals surface area contributed by atoms with Gasteiger partial charge in [0, 0.05) is 6.42 Å². The van der Waals surface area contributed by atoms with Gasteiger partial charge in [0.15, 0.2) is 5.78 Å². The van der Waals surface area contributed by atoms with Gasteiger partial charge >= 0.3 is 0 Å². The Hall–Kier alpha value is -0.560. The van der Waals surface area contributed by atoms with E-state index < -0.39 is 0 Å². The summed E-state index contributed by atoms with van der Waals surface area (Å²) in [4.78, 5) is 10.7. The van der Waals surface area contributed by atoms with Crippen molar-refractivity contribution >= 4 is 17.4 Å². The van der Waals surface area contributed by atoms with E-state index in [1.54, 1.807) is 6.08 Å². The summed E-state index contributed by atoms with van der Waals surface area (Å²) >= 11 is 5.53. The fraction of sp³-hybridized carbons (Fsp3) is 0.286. The van der Waals surface area contributed by atoms with Gasteiger partial charge in [0.2, 0.25) is 0 Å². The third kappa shape index (κ3) is 1.42. The summed E-state index contributed by atoms with van der Waals surface area (Å²) < 4.78 is 0. The third-order valence-electron chi connectivity index (χ3n) is 1.23. The highest BCUT2D eigenvalue weighted by Gasteiger charge is 2.08. The number of rotatable bonds is 0. The minimum absolute atomic E-state index is 0.0160. The molecule has 0 aromatic carbocycles. The number of Topliss-reactive ketones (excluding diaryl/α,β-unsaturated/α-hetero) is 1. The van der Waals surface area contributed by atoms with Crippen LogP contribution in [0.2, 0.25) is 0 Å². The molecule has 0 aromatic rings. The minimum atomic E-state index is 0.0160. The van der Waals surface area contributed by atoms with E-state index in [4.69, 9.17) is 11.6 Å². The monoisotopic (exact) mass is 142 g/mol. The topological polar surface area (TPSA) is 17.1 Å². The van der Waals surface area contributed by atoms with E-state index in [2.05, 4.69) is 0 Å². The molecule has 0 unspecified atom stereocenters. The van der Waals surface area contributed by atoms with Crippen molar-refractivity contribution in [2.75, 3.05) is 0 Å². The zero-order valence-electron chi connectivity index (χ0n) is 5.15. The molecule has 1 nitrogen and oxygen atoms in total. The quantitative estimate of drug-likeness (QED) is 0.506. The Bertz CT molecular complexity index is 201. The lowest BCUT2D eigenvalue weighted by Crippen LogP contribution is -1.99. The molecule has 2 heteroatoms. The van der Waals surface area contributed by atoms with Crippen LogP contribution in [0.3, 0.4) is 0 Å². The van der Waals surface area contributed by atoms with Crippen molar-refractivity contribution < 1.29 is 4.79 Å². The van der Waals surface area contributed by atoms with Crippen molar-refractivity contribution in [3.8, 4) is 0 Å². The molecule has 0 atom stereocenters. The highest BCUT2D eigenvalue weighted by molar-refractivity contribution is 6.43. The molecule has 1 aliphatic carbocycles. The summed E-state index contributed by atoms with van der Waals surface area (Å²) in [7, 11) is 0. The fourth-order valence-electron chi connectivity index (χ4n) is 0.690. The van der Waals surface area contributed by atoms with E-state index in [9.17, 15) is 4.79 Å². The normalized spacial score (nSPS) is 19.1. The average Bonchev–Trinajstić information content (AvgIpc) is 1.80. The molecule has 0 saturated heterocycles. The second-order valence-corrected chi connectivity index (χ2v) is 2.47. The highest BCUT2D eigenvalue weighted by atomic mass is 35.5. The molecule has 1 aliphatic rings. The molecule has 1 rings (SSSR count). The Morgan fingerprint density at radius 3 is 2.78 bits per heavy atom. The Morgan fingerprint density at radius 1 is 1.67 bits per heavy atom. The fourth-order valence-corrected chi connectivity index (χ4v) is 0.940. The first-order valence-electron chi connectivity index (χ1n) is 2.77. The minimum Gasteiger partial charge on any atom is -0.293 e. The second kappa shape index (κ2) is 2.36. The zero-order valence-corrected chi connectivity index (χ0v) is 5.90. The van der Waals surface area contributed by atoms with Crippen molar-refractivity contribution in [3.63, 3.8) is 0 Å². The number of carbonyl (C=O) groups excluding carboxylic acids is 1. The van der Waals surface area contributed by atoms with E-state index in [-0.39, 0.29) is 5.78 Å². The number of ketones is 1. The van der Waals surface area contributed by atoms with E-state index in [0.717, 1.165) is 5.57 Å². The summed E-state index contributed by atoms with van der Waals surface area (Å²) in [6, 6.07) is 0. The molecule has 0 aromatic heterocycles. The molecule has 0 amide bonds. The van der Waals surface area contributed by atoms with Gasteiger partial charge in [-0.2, -0.15) is 0 Å². The van der Waals surface area contributed by atoms with Crippen LogP contribution in [0, 0.1) is 0 Å². The second-order valence-electron chi connectivity index (χ2n) is 2.07. The first-order valence-corrected chi connectivity index (χ1v) is 3.15. The largest absolute Gasteiger partial charge is 0.293 e. The number of allylic oxidation sites excluding steroid dienone is 4. The summed E-state index contributed by atoms with van der Waals surface area (Å²) in [5.41, 5.74) is 1.07. The van der Waals surface area contributed by atoms with Gasteiger partial charge in [0.25, 0.3) is 0 Å². The van der Waals surface area contributed by atoms with Crippen LogP contribution < -0.4 is 0 Å². The van der Waals surface area contributed by atoms with Crippen molar-refractivity contribution in [2.45, 2.75) is 13.3 Å². The van der Waals surface area contributed by atoms with Crippen LogP contribution in [-0.2, 0) is 4.79 Å². The number of halogens is 1. The van der Waals surface area contributed by atoms with Crippen LogP contribution in [0.5, 0.6) is 0 Å². The standard InChI is InChI=1S/C7H7ClO/c1-5-2-3-7(9)6(8)4-5/h2,4H,3H2,1H3. The third-order valence-corrected chi connectivity index (χ3v) is 1.55. The van der Waals surface area contributed by atoms with Crippen molar-refractivity contribution in [2.24, 2.45) is 0 Å². The molecule has 0 heterocycles. The lowest BCUT2D eigenvalue weighted by Gasteiger charge is -2.02. The molecule has 0 bridgehead atoms. The summed E-state index contributed by atoms with van der Waals surface area (Å²) in [5.74, 6) is 0.0160. The maximum absolute atomic E-state index is 10.7. The van der Waals surface area contributed by atoms with Crippen LogP contribution in [0.15, 0.2) is 22.8 Å². The van der Waals surface area contributed by atoms with Gasteiger partial charge in [-0.05, 0) is 13.0 Å². The van der Waals surface area contributed by atoms with Crippen molar-refractivity contribution in [1.82, 2.24) is 0 Å². The molecule has 0 fully saturated rings. The van der Waals surface area contributed by atoms with Crippen LogP contribution in [0.25, 0.3) is 0 Å². The zero-order chi connectivity index (χ0) is 6.85. The Morgan fingerprint density at radius 2 is 2.33 bits per heavy atom. The SMILES string of the molecule is CC1=CCC(=O)C(Cl)=C1. The predicted octanol–water partition coefficient (Wildman–Crippen LogP) is 2.03. The van der Waals surface area contributed by atoms with E-state index in [0.29, 0.717) is 11.5 Å². The van der Waals surface area contributed by atoms with E-state index in [1.807, 2.05) is 13.0 Å². The van der Waals surface area contributed by atoms with Crippen LogP contribution in [0.1, 0.15) is 13.3 Å². The molecule has 9 heavy (non-hydrogen) atoms. The maximum atomic E-state index is 10.7.